The Morgan fingerprint density at radius 1 is 1.38 bits per heavy atom. The molecule has 0 bridgehead atoms. The molecular formula is C17H21FN4OS. The summed E-state index contributed by atoms with van der Waals surface area (Å²) in [7, 11) is 0. The summed E-state index contributed by atoms with van der Waals surface area (Å²) < 4.78 is 20.0. The average Bonchev–Trinajstić information content (AvgIpc) is 3.00. The lowest BCUT2D eigenvalue weighted by Gasteiger charge is -2.22. The van der Waals surface area contributed by atoms with Crippen LogP contribution >= 0.6 is 11.3 Å². The topological polar surface area (TPSA) is 72.5 Å². The molecule has 1 aromatic carbocycles. The number of nitrogens with zero attached hydrogens (tertiary/aromatic N) is 2. The fourth-order valence-electron chi connectivity index (χ4n) is 2.70. The van der Waals surface area contributed by atoms with Gasteiger partial charge in [0, 0.05) is 10.9 Å². The Morgan fingerprint density at radius 3 is 2.92 bits per heavy atom. The molecule has 0 aliphatic heterocycles. The van der Waals surface area contributed by atoms with Gasteiger partial charge in [0.15, 0.2) is 0 Å². The van der Waals surface area contributed by atoms with E-state index in [1.807, 2.05) is 6.07 Å². The second kappa shape index (κ2) is 8.21. The molecule has 1 fully saturated rings. The maximum atomic E-state index is 14.2. The molecule has 2 aromatic rings. The molecule has 1 aromatic heterocycles. The Labute approximate surface area is 144 Å². The lowest BCUT2D eigenvalue weighted by atomic mass is 9.98. The molecular weight excluding hydrogens is 327 g/mol. The molecule has 24 heavy (non-hydrogen) atoms. The first kappa shape index (κ1) is 16.9. The zero-order valence-electron chi connectivity index (χ0n) is 13.4. The molecule has 3 rings (SSSR count). The Kier molecular flexibility index (Phi) is 5.77. The van der Waals surface area contributed by atoms with Gasteiger partial charge in [-0.2, -0.15) is 5.10 Å². The van der Waals surface area contributed by atoms with E-state index in [1.165, 1.54) is 36.7 Å². The number of hydrazone groups is 1. The number of aromatic nitrogens is 1. The Hall–Kier alpha value is -1.99. The molecule has 0 saturated heterocycles. The van der Waals surface area contributed by atoms with Crippen molar-refractivity contribution in [2.75, 3.05) is 11.2 Å². The minimum absolute atomic E-state index is 0.270. The van der Waals surface area contributed by atoms with Crippen LogP contribution in [0.25, 0.3) is 0 Å². The highest BCUT2D eigenvalue weighted by atomic mass is 32.1. The molecule has 0 spiro atoms. The highest BCUT2D eigenvalue weighted by Crippen LogP contribution is 2.22. The normalized spacial score (nSPS) is 15.9. The number of hydrogen-bond acceptors (Lipinski definition) is 6. The van der Waals surface area contributed by atoms with Gasteiger partial charge in [0.1, 0.15) is 11.6 Å². The van der Waals surface area contributed by atoms with Crippen molar-refractivity contribution < 1.29 is 9.13 Å². The third-order valence-electron chi connectivity index (χ3n) is 4.00. The van der Waals surface area contributed by atoms with Crippen LogP contribution in [0.4, 0.5) is 15.3 Å². The van der Waals surface area contributed by atoms with Crippen LogP contribution in [0, 0.1) is 5.82 Å². The molecule has 1 aliphatic rings. The summed E-state index contributed by atoms with van der Waals surface area (Å²) in [6.07, 6.45) is 7.68. The van der Waals surface area contributed by atoms with Gasteiger partial charge < -0.3 is 10.5 Å². The van der Waals surface area contributed by atoms with Gasteiger partial charge in [-0.15, -0.1) is 11.3 Å². The molecule has 5 nitrogen and oxygen atoms in total. The number of nitrogens with one attached hydrogen (secondary N) is 1. The van der Waals surface area contributed by atoms with Crippen molar-refractivity contribution in [1.82, 2.24) is 4.98 Å². The molecule has 3 N–H and O–H groups in total. The first-order valence-corrected chi connectivity index (χ1v) is 8.99. The van der Waals surface area contributed by atoms with Crippen molar-refractivity contribution in [2.24, 2.45) is 5.10 Å². The number of ether oxygens (including phenoxy) is 1. The van der Waals surface area contributed by atoms with Crippen LogP contribution < -0.4 is 11.2 Å². The van der Waals surface area contributed by atoms with Gasteiger partial charge in [-0.25, -0.2) is 9.37 Å². The van der Waals surface area contributed by atoms with Crippen molar-refractivity contribution in [3.63, 3.8) is 0 Å². The van der Waals surface area contributed by atoms with E-state index in [0.717, 1.165) is 12.8 Å². The average molecular weight is 348 g/mol. The van der Waals surface area contributed by atoms with E-state index in [9.17, 15) is 4.39 Å². The first-order chi connectivity index (χ1) is 11.7. The van der Waals surface area contributed by atoms with Crippen molar-refractivity contribution >= 4 is 28.5 Å². The Bertz CT molecular complexity index is 698. The van der Waals surface area contributed by atoms with Gasteiger partial charge in [-0.05, 0) is 24.5 Å². The second-order valence-electron chi connectivity index (χ2n) is 5.87. The van der Waals surface area contributed by atoms with Crippen molar-refractivity contribution in [1.29, 1.82) is 0 Å². The SMILES string of the molecule is Nc1csc(NN=Cc2ccc(COC3CCCCC3)c(F)c2)n1. The summed E-state index contributed by atoms with van der Waals surface area (Å²) in [6, 6.07) is 5.03. The molecule has 1 saturated carbocycles. The molecule has 1 heterocycles. The highest BCUT2D eigenvalue weighted by Gasteiger charge is 2.14. The van der Waals surface area contributed by atoms with E-state index < -0.39 is 0 Å². The van der Waals surface area contributed by atoms with Crippen LogP contribution in [0.5, 0.6) is 0 Å². The molecule has 0 amide bonds. The van der Waals surface area contributed by atoms with Crippen LogP contribution in [-0.2, 0) is 11.3 Å². The fourth-order valence-corrected chi connectivity index (χ4v) is 3.25. The summed E-state index contributed by atoms with van der Waals surface area (Å²) in [6.45, 7) is 0.324. The zero-order chi connectivity index (χ0) is 16.8. The summed E-state index contributed by atoms with van der Waals surface area (Å²) in [5.74, 6) is 0.180. The maximum Gasteiger partial charge on any atom is 0.205 e. The molecule has 1 aliphatic carbocycles. The van der Waals surface area contributed by atoms with Gasteiger partial charge in [0.25, 0.3) is 0 Å². The molecule has 0 radical (unpaired) electrons. The Balaban J connectivity index is 1.53. The lowest BCUT2D eigenvalue weighted by Crippen LogP contribution is -2.16. The predicted molar refractivity (Wildman–Crippen MR) is 95.8 cm³/mol. The molecule has 0 atom stereocenters. The summed E-state index contributed by atoms with van der Waals surface area (Å²) in [4.78, 5) is 4.02. The van der Waals surface area contributed by atoms with Gasteiger partial charge in [0.05, 0.1) is 18.9 Å². The highest BCUT2D eigenvalue weighted by molar-refractivity contribution is 7.14. The summed E-state index contributed by atoms with van der Waals surface area (Å²) in [5, 5.41) is 6.35. The molecule has 128 valence electrons. The van der Waals surface area contributed by atoms with Crippen LogP contribution in [0.2, 0.25) is 0 Å². The number of anilines is 2. The monoisotopic (exact) mass is 348 g/mol. The van der Waals surface area contributed by atoms with E-state index in [0.29, 0.717) is 28.7 Å². The van der Waals surface area contributed by atoms with Crippen LogP contribution in [0.3, 0.4) is 0 Å². The zero-order valence-corrected chi connectivity index (χ0v) is 14.2. The second-order valence-corrected chi connectivity index (χ2v) is 6.73. The minimum atomic E-state index is -0.270. The van der Waals surface area contributed by atoms with Crippen molar-refractivity contribution in [3.05, 3.63) is 40.5 Å². The van der Waals surface area contributed by atoms with Crippen LogP contribution in [0.15, 0.2) is 28.7 Å². The number of halogens is 1. The van der Waals surface area contributed by atoms with Crippen molar-refractivity contribution in [3.8, 4) is 0 Å². The van der Waals surface area contributed by atoms with E-state index in [2.05, 4.69) is 15.5 Å². The predicted octanol–water partition coefficient (Wildman–Crippen LogP) is 4.16. The number of thiazole rings is 1. The van der Waals surface area contributed by atoms with Crippen LogP contribution in [0.1, 0.15) is 43.2 Å². The van der Waals surface area contributed by atoms with E-state index in [4.69, 9.17) is 10.5 Å². The van der Waals surface area contributed by atoms with E-state index >= 15 is 0 Å². The first-order valence-electron chi connectivity index (χ1n) is 8.11. The molecule has 7 heteroatoms. The number of rotatable bonds is 6. The number of nitrogens with two attached hydrogens (primary N) is 1. The number of nitrogen functional groups attached to an aromatic ring is 1. The summed E-state index contributed by atoms with van der Waals surface area (Å²) >= 11 is 1.36. The largest absolute Gasteiger partial charge is 0.383 e. The van der Waals surface area contributed by atoms with E-state index in [1.54, 1.807) is 17.7 Å². The maximum absolute atomic E-state index is 14.2. The minimum Gasteiger partial charge on any atom is -0.383 e. The number of benzene rings is 1. The van der Waals surface area contributed by atoms with Crippen molar-refractivity contribution in [2.45, 2.75) is 44.8 Å². The standard InChI is InChI=1S/C17H21FN4OS/c18-15-8-12(9-20-22-17-21-16(19)11-24-17)6-7-13(15)10-23-14-4-2-1-3-5-14/h6-9,11,14H,1-5,10,19H2,(H,21,22). The van der Waals surface area contributed by atoms with Gasteiger partial charge in [0.2, 0.25) is 5.13 Å². The number of hydrogen-bond donors (Lipinski definition) is 2. The molecule has 0 unspecified atom stereocenters. The fraction of sp³-hybridized carbons (Fsp3) is 0.412. The third-order valence-corrected chi connectivity index (χ3v) is 4.76. The van der Waals surface area contributed by atoms with Gasteiger partial charge in [-0.3, -0.25) is 5.43 Å². The Morgan fingerprint density at radius 2 is 2.21 bits per heavy atom. The van der Waals surface area contributed by atoms with Gasteiger partial charge in [-0.1, -0.05) is 31.4 Å². The van der Waals surface area contributed by atoms with E-state index in [-0.39, 0.29) is 11.9 Å². The quantitative estimate of drug-likeness (QED) is 0.607. The third kappa shape index (κ3) is 4.75. The summed E-state index contributed by atoms with van der Waals surface area (Å²) in [5.41, 5.74) is 9.55. The smallest absolute Gasteiger partial charge is 0.205 e. The lowest BCUT2D eigenvalue weighted by molar-refractivity contribution is 0.0156. The van der Waals surface area contributed by atoms with Gasteiger partial charge >= 0.3 is 0 Å². The van der Waals surface area contributed by atoms with Crippen LogP contribution in [-0.4, -0.2) is 17.3 Å².